The Morgan fingerprint density at radius 1 is 1.36 bits per heavy atom. The van der Waals surface area contributed by atoms with Crippen LogP contribution in [0.2, 0.25) is 0 Å². The molecule has 0 radical (unpaired) electrons. The van der Waals surface area contributed by atoms with Crippen LogP contribution in [0.25, 0.3) is 0 Å². The molecule has 22 heavy (non-hydrogen) atoms. The number of aromatic amines is 1. The molecule has 2 aromatic rings. The lowest BCUT2D eigenvalue weighted by molar-refractivity contribution is 0.102. The van der Waals surface area contributed by atoms with Crippen molar-refractivity contribution in [2.75, 3.05) is 25.6 Å². The maximum absolute atomic E-state index is 12.1. The predicted octanol–water partition coefficient (Wildman–Crippen LogP) is 2.21. The quantitative estimate of drug-likeness (QED) is 0.765. The molecule has 0 atom stereocenters. The van der Waals surface area contributed by atoms with Crippen LogP contribution in [0, 0.1) is 0 Å². The van der Waals surface area contributed by atoms with E-state index in [1.165, 1.54) is 6.20 Å². The molecule has 2 heterocycles. The maximum atomic E-state index is 12.1. The molecule has 1 amide bonds. The average Bonchev–Trinajstić information content (AvgIpc) is 2.99. The normalized spacial score (nSPS) is 10.7. The van der Waals surface area contributed by atoms with Gasteiger partial charge in [0, 0.05) is 18.9 Å². The van der Waals surface area contributed by atoms with Gasteiger partial charge in [-0.2, -0.15) is 5.10 Å². The van der Waals surface area contributed by atoms with Crippen LogP contribution in [0.4, 0.5) is 5.69 Å². The number of rotatable bonds is 7. The lowest BCUT2D eigenvalue weighted by atomic mass is 10.1. The molecule has 0 aliphatic heterocycles. The van der Waals surface area contributed by atoms with E-state index in [0.717, 1.165) is 5.69 Å². The van der Waals surface area contributed by atoms with E-state index in [1.54, 1.807) is 25.3 Å². The smallest absolute Gasteiger partial charge is 0.276 e. The first kappa shape index (κ1) is 16.0. The summed E-state index contributed by atoms with van der Waals surface area (Å²) in [6, 6.07) is 5.16. The zero-order valence-corrected chi connectivity index (χ0v) is 12.9. The number of anilines is 1. The standard InChI is InChI=1S/C15H20N4O3/c1-10(2)12-8-13(19-18-12)15(20)17-11-4-5-14(16-9-11)22-7-6-21-3/h4-5,8-10H,6-7H2,1-3H3,(H,17,20)(H,18,19). The number of hydrogen-bond donors (Lipinski definition) is 2. The van der Waals surface area contributed by atoms with Crippen molar-refractivity contribution in [3.8, 4) is 5.88 Å². The lowest BCUT2D eigenvalue weighted by Crippen LogP contribution is -2.12. The third-order valence-corrected chi connectivity index (χ3v) is 2.98. The number of ether oxygens (including phenoxy) is 2. The van der Waals surface area contributed by atoms with E-state index in [1.807, 2.05) is 13.8 Å². The molecule has 7 heteroatoms. The summed E-state index contributed by atoms with van der Waals surface area (Å²) in [7, 11) is 1.61. The summed E-state index contributed by atoms with van der Waals surface area (Å²) in [5, 5.41) is 9.60. The minimum atomic E-state index is -0.280. The van der Waals surface area contributed by atoms with E-state index in [4.69, 9.17) is 9.47 Å². The van der Waals surface area contributed by atoms with Crippen LogP contribution in [-0.4, -0.2) is 41.4 Å². The van der Waals surface area contributed by atoms with Crippen LogP contribution in [-0.2, 0) is 4.74 Å². The molecule has 0 spiro atoms. The number of amides is 1. The topological polar surface area (TPSA) is 89.1 Å². The van der Waals surface area contributed by atoms with Crippen molar-refractivity contribution in [3.05, 3.63) is 35.8 Å². The Hall–Kier alpha value is -2.41. The van der Waals surface area contributed by atoms with Gasteiger partial charge in [-0.25, -0.2) is 4.98 Å². The van der Waals surface area contributed by atoms with Gasteiger partial charge in [0.1, 0.15) is 6.61 Å². The average molecular weight is 304 g/mol. The van der Waals surface area contributed by atoms with Gasteiger partial charge in [-0.15, -0.1) is 0 Å². The van der Waals surface area contributed by atoms with Gasteiger partial charge in [0.25, 0.3) is 5.91 Å². The molecular formula is C15H20N4O3. The minimum Gasteiger partial charge on any atom is -0.475 e. The number of H-pyrrole nitrogens is 1. The molecule has 2 aromatic heterocycles. The summed E-state index contributed by atoms with van der Waals surface area (Å²) < 4.78 is 10.2. The Balaban J connectivity index is 1.93. The number of aromatic nitrogens is 3. The molecule has 7 nitrogen and oxygen atoms in total. The molecule has 0 saturated carbocycles. The molecule has 0 saturated heterocycles. The third kappa shape index (κ3) is 4.29. The van der Waals surface area contributed by atoms with Crippen LogP contribution in [0.5, 0.6) is 5.88 Å². The van der Waals surface area contributed by atoms with Crippen LogP contribution in [0.3, 0.4) is 0 Å². The SMILES string of the molecule is COCCOc1ccc(NC(=O)c2cc(C(C)C)[nH]n2)cn1. The van der Waals surface area contributed by atoms with Gasteiger partial charge in [0.2, 0.25) is 5.88 Å². The molecular weight excluding hydrogens is 284 g/mol. The van der Waals surface area contributed by atoms with E-state index in [2.05, 4.69) is 20.5 Å². The number of pyridine rings is 1. The molecule has 0 aliphatic carbocycles. The fourth-order valence-electron chi connectivity index (χ4n) is 1.71. The van der Waals surface area contributed by atoms with Crippen molar-refractivity contribution >= 4 is 11.6 Å². The van der Waals surface area contributed by atoms with Crippen LogP contribution in [0.1, 0.15) is 35.9 Å². The van der Waals surface area contributed by atoms with Gasteiger partial charge < -0.3 is 14.8 Å². The molecule has 2 rings (SSSR count). The molecule has 0 bridgehead atoms. The zero-order valence-electron chi connectivity index (χ0n) is 12.9. The minimum absolute atomic E-state index is 0.280. The van der Waals surface area contributed by atoms with Gasteiger partial charge in [0.05, 0.1) is 18.5 Å². The molecule has 0 unspecified atom stereocenters. The first-order chi connectivity index (χ1) is 10.6. The molecule has 0 aliphatic rings. The van der Waals surface area contributed by atoms with Crippen molar-refractivity contribution in [1.82, 2.24) is 15.2 Å². The van der Waals surface area contributed by atoms with Crippen molar-refractivity contribution in [2.24, 2.45) is 0 Å². The molecule has 0 aromatic carbocycles. The summed E-state index contributed by atoms with van der Waals surface area (Å²) in [6.45, 7) is 4.99. The second kappa shape index (κ2) is 7.56. The number of carbonyl (C=O) groups is 1. The fourth-order valence-corrected chi connectivity index (χ4v) is 1.71. The van der Waals surface area contributed by atoms with Gasteiger partial charge >= 0.3 is 0 Å². The summed E-state index contributed by atoms with van der Waals surface area (Å²) >= 11 is 0. The van der Waals surface area contributed by atoms with E-state index < -0.39 is 0 Å². The van der Waals surface area contributed by atoms with E-state index >= 15 is 0 Å². The number of methoxy groups -OCH3 is 1. The largest absolute Gasteiger partial charge is 0.475 e. The number of nitrogens with one attached hydrogen (secondary N) is 2. The number of carbonyl (C=O) groups excluding carboxylic acids is 1. The summed E-state index contributed by atoms with van der Waals surface area (Å²) in [5.74, 6) is 0.495. The van der Waals surface area contributed by atoms with Gasteiger partial charge in [0.15, 0.2) is 5.69 Å². The summed E-state index contributed by atoms with van der Waals surface area (Å²) in [4.78, 5) is 16.2. The van der Waals surface area contributed by atoms with Crippen LogP contribution in [0.15, 0.2) is 24.4 Å². The van der Waals surface area contributed by atoms with E-state index in [0.29, 0.717) is 36.4 Å². The van der Waals surface area contributed by atoms with Gasteiger partial charge in [-0.1, -0.05) is 13.8 Å². The molecule has 2 N–H and O–H groups in total. The Morgan fingerprint density at radius 2 is 2.18 bits per heavy atom. The maximum Gasteiger partial charge on any atom is 0.276 e. The molecule has 118 valence electrons. The Bertz CT molecular complexity index is 608. The highest BCUT2D eigenvalue weighted by Gasteiger charge is 2.12. The van der Waals surface area contributed by atoms with Crippen molar-refractivity contribution < 1.29 is 14.3 Å². The van der Waals surface area contributed by atoms with Crippen molar-refractivity contribution in [3.63, 3.8) is 0 Å². The summed E-state index contributed by atoms with van der Waals surface area (Å²) in [5.41, 5.74) is 1.85. The monoisotopic (exact) mass is 304 g/mol. The number of hydrogen-bond acceptors (Lipinski definition) is 5. The van der Waals surface area contributed by atoms with Gasteiger partial charge in [-0.05, 0) is 18.1 Å². The first-order valence-electron chi connectivity index (χ1n) is 7.04. The molecule has 0 fully saturated rings. The third-order valence-electron chi connectivity index (χ3n) is 2.98. The second-order valence-corrected chi connectivity index (χ2v) is 5.04. The zero-order chi connectivity index (χ0) is 15.9. The highest BCUT2D eigenvalue weighted by molar-refractivity contribution is 6.02. The second-order valence-electron chi connectivity index (χ2n) is 5.04. The number of nitrogens with zero attached hydrogens (tertiary/aromatic N) is 2. The van der Waals surface area contributed by atoms with E-state index in [9.17, 15) is 4.79 Å². The van der Waals surface area contributed by atoms with Gasteiger partial charge in [-0.3, -0.25) is 9.89 Å². The Kier molecular flexibility index (Phi) is 5.48. The highest BCUT2D eigenvalue weighted by atomic mass is 16.5. The Morgan fingerprint density at radius 3 is 2.77 bits per heavy atom. The van der Waals surface area contributed by atoms with Crippen molar-refractivity contribution in [1.29, 1.82) is 0 Å². The van der Waals surface area contributed by atoms with Crippen molar-refractivity contribution in [2.45, 2.75) is 19.8 Å². The summed E-state index contributed by atoms with van der Waals surface area (Å²) in [6.07, 6.45) is 1.54. The predicted molar refractivity (Wildman–Crippen MR) is 82.2 cm³/mol. The lowest BCUT2D eigenvalue weighted by Gasteiger charge is -2.06. The van der Waals surface area contributed by atoms with Crippen LogP contribution >= 0.6 is 0 Å². The fraction of sp³-hybridized carbons (Fsp3) is 0.400. The Labute approximate surface area is 129 Å². The first-order valence-corrected chi connectivity index (χ1v) is 7.04. The highest BCUT2D eigenvalue weighted by Crippen LogP contribution is 2.15. The van der Waals surface area contributed by atoms with Crippen LogP contribution < -0.4 is 10.1 Å². The van der Waals surface area contributed by atoms with E-state index in [-0.39, 0.29) is 5.91 Å².